The lowest BCUT2D eigenvalue weighted by Gasteiger charge is -2.08. The number of aryl methyl sites for hydroxylation is 1. The Morgan fingerprint density at radius 1 is 0.964 bits per heavy atom. The zero-order valence-corrected chi connectivity index (χ0v) is 15.7. The average molecular weight is 375 g/mol. The number of carbonyl (C=O) groups excluding carboxylic acids is 2. The van der Waals surface area contributed by atoms with Crippen molar-refractivity contribution in [2.75, 3.05) is 10.6 Å². The Labute approximate surface area is 163 Å². The molecule has 0 bridgehead atoms. The maximum absolute atomic E-state index is 12.3. The van der Waals surface area contributed by atoms with E-state index in [4.69, 9.17) is 0 Å². The summed E-state index contributed by atoms with van der Waals surface area (Å²) < 4.78 is 0. The third-order valence-electron chi connectivity index (χ3n) is 3.93. The maximum atomic E-state index is 12.3. The smallest absolute Gasteiger partial charge is 0.254 e. The molecule has 1 heterocycles. The highest BCUT2D eigenvalue weighted by molar-refractivity contribution is 5.93. The molecule has 0 unspecified atom stereocenters. The summed E-state index contributed by atoms with van der Waals surface area (Å²) >= 11 is 0. The molecule has 7 nitrogen and oxygen atoms in total. The minimum Gasteiger partial charge on any atom is -0.348 e. The van der Waals surface area contributed by atoms with E-state index in [1.54, 1.807) is 18.2 Å². The normalized spacial score (nSPS) is 10.2. The summed E-state index contributed by atoms with van der Waals surface area (Å²) in [5, 5.41) is 8.60. The van der Waals surface area contributed by atoms with Gasteiger partial charge in [-0.05, 0) is 30.7 Å². The van der Waals surface area contributed by atoms with Crippen molar-refractivity contribution in [1.29, 1.82) is 0 Å². The Morgan fingerprint density at radius 2 is 1.64 bits per heavy atom. The molecule has 0 aliphatic rings. The van der Waals surface area contributed by atoms with Crippen LogP contribution < -0.4 is 16.0 Å². The van der Waals surface area contributed by atoms with Gasteiger partial charge in [0.2, 0.25) is 11.9 Å². The Hall–Kier alpha value is -3.74. The van der Waals surface area contributed by atoms with E-state index in [0.29, 0.717) is 23.7 Å². The molecule has 28 heavy (non-hydrogen) atoms. The highest BCUT2D eigenvalue weighted by Gasteiger charge is 2.07. The molecule has 3 rings (SSSR count). The Kier molecular flexibility index (Phi) is 5.96. The number of amides is 2. The van der Waals surface area contributed by atoms with Crippen LogP contribution in [0.25, 0.3) is 0 Å². The number of benzene rings is 2. The van der Waals surface area contributed by atoms with E-state index in [2.05, 4.69) is 25.9 Å². The van der Waals surface area contributed by atoms with Crippen molar-refractivity contribution in [2.45, 2.75) is 20.4 Å². The maximum Gasteiger partial charge on any atom is 0.254 e. The van der Waals surface area contributed by atoms with Crippen molar-refractivity contribution in [2.24, 2.45) is 0 Å². The monoisotopic (exact) mass is 375 g/mol. The van der Waals surface area contributed by atoms with E-state index in [1.165, 1.54) is 24.9 Å². The van der Waals surface area contributed by atoms with Crippen molar-refractivity contribution in [3.05, 3.63) is 77.6 Å². The first-order valence-electron chi connectivity index (χ1n) is 8.80. The molecule has 3 N–H and O–H groups in total. The van der Waals surface area contributed by atoms with Crippen LogP contribution in [0.5, 0.6) is 0 Å². The molecule has 7 heteroatoms. The van der Waals surface area contributed by atoms with Gasteiger partial charge in [-0.1, -0.05) is 35.9 Å². The summed E-state index contributed by atoms with van der Waals surface area (Å²) in [7, 11) is 0. The summed E-state index contributed by atoms with van der Waals surface area (Å²) in [4.78, 5) is 31.8. The van der Waals surface area contributed by atoms with Gasteiger partial charge in [0.15, 0.2) is 0 Å². The van der Waals surface area contributed by atoms with Crippen LogP contribution in [-0.2, 0) is 11.3 Å². The molecule has 142 valence electrons. The quantitative estimate of drug-likeness (QED) is 0.613. The fourth-order valence-corrected chi connectivity index (χ4v) is 2.51. The van der Waals surface area contributed by atoms with Gasteiger partial charge < -0.3 is 16.0 Å². The van der Waals surface area contributed by atoms with E-state index in [0.717, 1.165) is 11.3 Å². The first-order chi connectivity index (χ1) is 13.5. The summed E-state index contributed by atoms with van der Waals surface area (Å²) in [6.45, 7) is 3.91. The Bertz CT molecular complexity index is 969. The molecule has 0 aliphatic carbocycles. The van der Waals surface area contributed by atoms with Crippen molar-refractivity contribution < 1.29 is 9.59 Å². The van der Waals surface area contributed by atoms with Gasteiger partial charge in [-0.3, -0.25) is 9.59 Å². The number of hydrogen-bond acceptors (Lipinski definition) is 5. The van der Waals surface area contributed by atoms with Crippen molar-refractivity contribution in [3.63, 3.8) is 0 Å². The molecule has 0 radical (unpaired) electrons. The lowest BCUT2D eigenvalue weighted by Crippen LogP contribution is -2.23. The van der Waals surface area contributed by atoms with Crippen molar-refractivity contribution >= 4 is 29.1 Å². The fraction of sp³-hybridized carbons (Fsp3) is 0.143. The summed E-state index contributed by atoms with van der Waals surface area (Å²) in [5.41, 5.74) is 3.98. The molecule has 2 aromatic carbocycles. The van der Waals surface area contributed by atoms with Gasteiger partial charge in [0.25, 0.3) is 5.91 Å². The van der Waals surface area contributed by atoms with Gasteiger partial charge >= 0.3 is 0 Å². The highest BCUT2D eigenvalue weighted by atomic mass is 16.2. The third kappa shape index (κ3) is 5.38. The van der Waals surface area contributed by atoms with Crippen LogP contribution in [0.2, 0.25) is 0 Å². The molecule has 0 fully saturated rings. The molecular weight excluding hydrogens is 354 g/mol. The van der Waals surface area contributed by atoms with E-state index < -0.39 is 0 Å². The van der Waals surface area contributed by atoms with E-state index >= 15 is 0 Å². The molecular formula is C21H21N5O2. The van der Waals surface area contributed by atoms with Crippen LogP contribution in [-0.4, -0.2) is 21.8 Å². The van der Waals surface area contributed by atoms with Crippen LogP contribution >= 0.6 is 0 Å². The van der Waals surface area contributed by atoms with Crippen molar-refractivity contribution in [1.82, 2.24) is 15.3 Å². The summed E-state index contributed by atoms with van der Waals surface area (Å²) in [6.07, 6.45) is 2.94. The van der Waals surface area contributed by atoms with Crippen molar-refractivity contribution in [3.8, 4) is 0 Å². The molecule has 0 aliphatic heterocycles. The second-order valence-electron chi connectivity index (χ2n) is 6.35. The predicted octanol–water partition coefficient (Wildman–Crippen LogP) is 3.42. The van der Waals surface area contributed by atoms with E-state index in [9.17, 15) is 9.59 Å². The number of anilines is 3. The van der Waals surface area contributed by atoms with Crippen LogP contribution in [0.15, 0.2) is 60.9 Å². The van der Waals surface area contributed by atoms with Gasteiger partial charge in [-0.25, -0.2) is 9.97 Å². The van der Waals surface area contributed by atoms with E-state index in [-0.39, 0.29) is 11.8 Å². The molecule has 0 saturated heterocycles. The molecule has 0 saturated carbocycles. The fourth-order valence-electron chi connectivity index (χ4n) is 2.51. The van der Waals surface area contributed by atoms with Crippen LogP contribution in [0.3, 0.4) is 0 Å². The Morgan fingerprint density at radius 3 is 2.32 bits per heavy atom. The lowest BCUT2D eigenvalue weighted by molar-refractivity contribution is -0.114. The van der Waals surface area contributed by atoms with Gasteiger partial charge in [0, 0.05) is 37.2 Å². The van der Waals surface area contributed by atoms with Crippen LogP contribution in [0, 0.1) is 6.92 Å². The number of carbonyl (C=O) groups is 2. The molecule has 3 aromatic rings. The number of nitrogens with one attached hydrogen (secondary N) is 3. The lowest BCUT2D eigenvalue weighted by atomic mass is 10.1. The average Bonchev–Trinajstić information content (AvgIpc) is 2.68. The first-order valence-corrected chi connectivity index (χ1v) is 8.80. The second kappa shape index (κ2) is 8.77. The summed E-state index contributed by atoms with van der Waals surface area (Å²) in [6, 6.07) is 15.2. The number of rotatable bonds is 6. The second-order valence-corrected chi connectivity index (χ2v) is 6.35. The number of nitrogens with zero attached hydrogens (tertiary/aromatic N) is 2. The van der Waals surface area contributed by atoms with Gasteiger partial charge in [0.05, 0.1) is 5.56 Å². The largest absolute Gasteiger partial charge is 0.348 e. The topological polar surface area (TPSA) is 96.0 Å². The standard InChI is InChI=1S/C21H21N5O2/c1-14-6-8-16(9-7-14)11-22-20(28)17-12-23-21(24-13-17)26-19-5-3-4-18(10-19)25-15(2)27/h3-10,12-13H,11H2,1-2H3,(H,22,28)(H,25,27)(H,23,24,26). The zero-order valence-electron chi connectivity index (χ0n) is 15.7. The van der Waals surface area contributed by atoms with Gasteiger partial charge in [0.1, 0.15) is 0 Å². The predicted molar refractivity (Wildman–Crippen MR) is 108 cm³/mol. The molecule has 2 amide bonds. The molecule has 0 atom stereocenters. The SMILES string of the molecule is CC(=O)Nc1cccc(Nc2ncc(C(=O)NCc3ccc(C)cc3)cn2)c1. The molecule has 1 aromatic heterocycles. The summed E-state index contributed by atoms with van der Waals surface area (Å²) in [5.74, 6) is -0.0238. The number of aromatic nitrogens is 2. The number of hydrogen-bond donors (Lipinski definition) is 3. The van der Waals surface area contributed by atoms with Gasteiger partial charge in [-0.2, -0.15) is 0 Å². The van der Waals surface area contributed by atoms with Crippen LogP contribution in [0.4, 0.5) is 17.3 Å². The zero-order chi connectivity index (χ0) is 19.9. The first kappa shape index (κ1) is 19.0. The van der Waals surface area contributed by atoms with Crippen LogP contribution in [0.1, 0.15) is 28.4 Å². The minimum atomic E-state index is -0.236. The van der Waals surface area contributed by atoms with Gasteiger partial charge in [-0.15, -0.1) is 0 Å². The van der Waals surface area contributed by atoms with E-state index in [1.807, 2.05) is 37.3 Å². The molecule has 0 spiro atoms. The minimum absolute atomic E-state index is 0.144. The highest BCUT2D eigenvalue weighted by Crippen LogP contribution is 2.18. The third-order valence-corrected chi connectivity index (χ3v) is 3.93. The Balaban J connectivity index is 1.59.